The third kappa shape index (κ3) is 2.94. The van der Waals surface area contributed by atoms with E-state index in [0.29, 0.717) is 0 Å². The number of alkyl halides is 1. The SMILES string of the molecule is CCC(Cl)Cc1[c]cccc1. The fourth-order valence-electron chi connectivity index (χ4n) is 0.940. The molecule has 0 aliphatic rings. The molecule has 0 aromatic heterocycles. The molecule has 11 heavy (non-hydrogen) atoms. The van der Waals surface area contributed by atoms with Gasteiger partial charge in [-0.3, -0.25) is 0 Å². The van der Waals surface area contributed by atoms with Crippen LogP contribution in [0.2, 0.25) is 0 Å². The van der Waals surface area contributed by atoms with E-state index < -0.39 is 0 Å². The molecule has 1 rings (SSSR count). The Morgan fingerprint density at radius 1 is 1.55 bits per heavy atom. The van der Waals surface area contributed by atoms with Gasteiger partial charge in [0.25, 0.3) is 0 Å². The second-order valence-electron chi connectivity index (χ2n) is 2.60. The average molecular weight is 168 g/mol. The van der Waals surface area contributed by atoms with Crippen molar-refractivity contribution in [3.63, 3.8) is 0 Å². The number of rotatable bonds is 3. The lowest BCUT2D eigenvalue weighted by Crippen LogP contribution is -2.00. The molecule has 59 valence electrons. The molecule has 0 nitrogen and oxygen atoms in total. The fraction of sp³-hybridized carbons (Fsp3) is 0.400. The van der Waals surface area contributed by atoms with Gasteiger partial charge in [-0.1, -0.05) is 31.2 Å². The Labute approximate surface area is 73.2 Å². The number of benzene rings is 1. The largest absolute Gasteiger partial charge is 0.123 e. The van der Waals surface area contributed by atoms with Crippen LogP contribution < -0.4 is 0 Å². The molecule has 1 aromatic carbocycles. The van der Waals surface area contributed by atoms with Crippen LogP contribution in [0.4, 0.5) is 0 Å². The van der Waals surface area contributed by atoms with Crippen molar-refractivity contribution in [2.75, 3.05) is 0 Å². The molecule has 0 amide bonds. The highest BCUT2D eigenvalue weighted by atomic mass is 35.5. The standard InChI is InChI=1S/C10H12Cl/c1-2-10(11)8-9-6-4-3-5-7-9/h3-6,10H,2,8H2,1H3. The predicted molar refractivity (Wildman–Crippen MR) is 48.9 cm³/mol. The van der Waals surface area contributed by atoms with Gasteiger partial charge in [0, 0.05) is 5.38 Å². The minimum Gasteiger partial charge on any atom is -0.123 e. The zero-order valence-electron chi connectivity index (χ0n) is 6.68. The molecule has 1 aromatic rings. The quantitative estimate of drug-likeness (QED) is 0.608. The molecular weight excluding hydrogens is 156 g/mol. The lowest BCUT2D eigenvalue weighted by molar-refractivity contribution is 0.804. The van der Waals surface area contributed by atoms with Crippen LogP contribution in [-0.2, 0) is 6.42 Å². The maximum Gasteiger partial charge on any atom is 0.0374 e. The molecule has 0 aliphatic carbocycles. The number of halogens is 1. The lowest BCUT2D eigenvalue weighted by Gasteiger charge is -2.04. The van der Waals surface area contributed by atoms with Crippen molar-refractivity contribution in [3.05, 3.63) is 35.9 Å². The molecule has 1 radical (unpaired) electrons. The van der Waals surface area contributed by atoms with Crippen LogP contribution in [0.5, 0.6) is 0 Å². The molecule has 0 fully saturated rings. The van der Waals surface area contributed by atoms with Gasteiger partial charge in [-0.15, -0.1) is 11.6 Å². The fourth-order valence-corrected chi connectivity index (χ4v) is 1.11. The monoisotopic (exact) mass is 167 g/mol. The van der Waals surface area contributed by atoms with Crippen LogP contribution in [0.1, 0.15) is 18.9 Å². The normalized spacial score (nSPS) is 12.9. The third-order valence-electron chi connectivity index (χ3n) is 1.66. The zero-order valence-corrected chi connectivity index (χ0v) is 7.43. The van der Waals surface area contributed by atoms with Gasteiger partial charge in [0.2, 0.25) is 0 Å². The molecular formula is C10H12Cl. The van der Waals surface area contributed by atoms with Crippen molar-refractivity contribution in [1.29, 1.82) is 0 Å². The van der Waals surface area contributed by atoms with E-state index in [4.69, 9.17) is 11.6 Å². The predicted octanol–water partition coefficient (Wildman–Crippen LogP) is 3.05. The Bertz CT molecular complexity index is 193. The molecule has 0 heterocycles. The minimum absolute atomic E-state index is 0.258. The van der Waals surface area contributed by atoms with Crippen LogP contribution >= 0.6 is 11.6 Å². The van der Waals surface area contributed by atoms with Gasteiger partial charge in [-0.25, -0.2) is 0 Å². The molecule has 0 saturated heterocycles. The van der Waals surface area contributed by atoms with Crippen molar-refractivity contribution >= 4 is 11.6 Å². The van der Waals surface area contributed by atoms with E-state index in [0.717, 1.165) is 12.8 Å². The first-order chi connectivity index (χ1) is 5.33. The van der Waals surface area contributed by atoms with Crippen molar-refractivity contribution in [2.24, 2.45) is 0 Å². The van der Waals surface area contributed by atoms with Gasteiger partial charge in [0.05, 0.1) is 0 Å². The second kappa shape index (κ2) is 4.40. The van der Waals surface area contributed by atoms with Crippen molar-refractivity contribution in [2.45, 2.75) is 25.1 Å². The number of hydrogen-bond acceptors (Lipinski definition) is 0. The summed E-state index contributed by atoms with van der Waals surface area (Å²) in [7, 11) is 0. The van der Waals surface area contributed by atoms with Crippen molar-refractivity contribution in [1.82, 2.24) is 0 Å². The van der Waals surface area contributed by atoms with Crippen LogP contribution in [0.3, 0.4) is 0 Å². The number of hydrogen-bond donors (Lipinski definition) is 0. The van der Waals surface area contributed by atoms with Gasteiger partial charge >= 0.3 is 0 Å². The molecule has 1 atom stereocenters. The summed E-state index contributed by atoms with van der Waals surface area (Å²) in [6.45, 7) is 2.10. The Morgan fingerprint density at radius 3 is 2.91 bits per heavy atom. The molecule has 1 heteroatoms. The highest BCUT2D eigenvalue weighted by Gasteiger charge is 2.01. The topological polar surface area (TPSA) is 0 Å². The smallest absolute Gasteiger partial charge is 0.0374 e. The van der Waals surface area contributed by atoms with E-state index in [1.54, 1.807) is 0 Å². The first-order valence-electron chi connectivity index (χ1n) is 3.92. The van der Waals surface area contributed by atoms with Crippen LogP contribution in [0.15, 0.2) is 24.3 Å². The van der Waals surface area contributed by atoms with Gasteiger partial charge in [0.15, 0.2) is 0 Å². The van der Waals surface area contributed by atoms with E-state index in [2.05, 4.69) is 19.1 Å². The zero-order chi connectivity index (χ0) is 8.10. The third-order valence-corrected chi connectivity index (χ3v) is 2.12. The lowest BCUT2D eigenvalue weighted by atomic mass is 10.1. The van der Waals surface area contributed by atoms with E-state index in [1.807, 2.05) is 18.2 Å². The van der Waals surface area contributed by atoms with E-state index in [-0.39, 0.29) is 5.38 Å². The summed E-state index contributed by atoms with van der Waals surface area (Å²) in [5.74, 6) is 0. The summed E-state index contributed by atoms with van der Waals surface area (Å²) < 4.78 is 0. The van der Waals surface area contributed by atoms with Crippen LogP contribution in [0, 0.1) is 6.07 Å². The summed E-state index contributed by atoms with van der Waals surface area (Å²) >= 11 is 5.98. The molecule has 0 N–H and O–H groups in total. The van der Waals surface area contributed by atoms with Crippen molar-refractivity contribution < 1.29 is 0 Å². The first-order valence-corrected chi connectivity index (χ1v) is 4.36. The molecule has 0 aliphatic heterocycles. The molecule has 0 saturated carbocycles. The Balaban J connectivity index is 2.51. The van der Waals surface area contributed by atoms with E-state index in [1.165, 1.54) is 5.56 Å². The van der Waals surface area contributed by atoms with Gasteiger partial charge in [-0.05, 0) is 24.5 Å². The first kappa shape index (κ1) is 8.61. The summed E-state index contributed by atoms with van der Waals surface area (Å²) in [6, 6.07) is 11.1. The summed E-state index contributed by atoms with van der Waals surface area (Å²) in [4.78, 5) is 0. The molecule has 0 bridgehead atoms. The maximum absolute atomic E-state index is 5.98. The van der Waals surface area contributed by atoms with E-state index in [9.17, 15) is 0 Å². The van der Waals surface area contributed by atoms with Crippen LogP contribution in [0.25, 0.3) is 0 Å². The Morgan fingerprint density at radius 2 is 2.36 bits per heavy atom. The van der Waals surface area contributed by atoms with Crippen LogP contribution in [-0.4, -0.2) is 5.38 Å². The average Bonchev–Trinajstić information content (AvgIpc) is 2.06. The Kier molecular flexibility index (Phi) is 3.44. The molecule has 1 unspecified atom stereocenters. The maximum atomic E-state index is 5.98. The highest BCUT2D eigenvalue weighted by molar-refractivity contribution is 6.20. The highest BCUT2D eigenvalue weighted by Crippen LogP contribution is 2.09. The van der Waals surface area contributed by atoms with Gasteiger partial charge in [-0.2, -0.15) is 0 Å². The van der Waals surface area contributed by atoms with E-state index >= 15 is 0 Å². The summed E-state index contributed by atoms with van der Waals surface area (Å²) in [6.07, 6.45) is 1.95. The molecule has 0 spiro atoms. The summed E-state index contributed by atoms with van der Waals surface area (Å²) in [5.41, 5.74) is 1.20. The Hall–Kier alpha value is -0.490. The minimum atomic E-state index is 0.258. The summed E-state index contributed by atoms with van der Waals surface area (Å²) in [5, 5.41) is 0.258. The van der Waals surface area contributed by atoms with Gasteiger partial charge in [0.1, 0.15) is 0 Å². The second-order valence-corrected chi connectivity index (χ2v) is 3.21. The van der Waals surface area contributed by atoms with Crippen molar-refractivity contribution in [3.8, 4) is 0 Å². The van der Waals surface area contributed by atoms with Gasteiger partial charge < -0.3 is 0 Å².